The number of likely N-dealkylation sites (N-methyl/N-ethyl adjacent to an activating group) is 1. The Morgan fingerprint density at radius 1 is 1.10 bits per heavy atom. The Morgan fingerprint density at radius 2 is 1.75 bits per heavy atom. The largest absolute Gasteiger partial charge is 0.325 e. The lowest BCUT2D eigenvalue weighted by molar-refractivity contribution is -0.118. The summed E-state index contributed by atoms with van der Waals surface area (Å²) < 4.78 is 12.8. The molecule has 20 heavy (non-hydrogen) atoms. The van der Waals surface area contributed by atoms with Gasteiger partial charge in [0.25, 0.3) is 0 Å². The van der Waals surface area contributed by atoms with Gasteiger partial charge in [-0.05, 0) is 43.3 Å². The standard InChI is InChI=1S/C16H17FN2O/c1-18-15(11-12-5-3-2-4-6-12)16(20)19-14-9-7-13(17)8-10-14/h2-10,15,18H,11H2,1H3,(H,19,20)/t15-/m0/s1. The van der Waals surface area contributed by atoms with Gasteiger partial charge in [0, 0.05) is 5.69 Å². The molecule has 0 bridgehead atoms. The van der Waals surface area contributed by atoms with E-state index in [1.807, 2.05) is 30.3 Å². The van der Waals surface area contributed by atoms with Gasteiger partial charge in [-0.15, -0.1) is 0 Å². The fourth-order valence-electron chi connectivity index (χ4n) is 1.94. The molecule has 0 heterocycles. The zero-order valence-electron chi connectivity index (χ0n) is 11.3. The van der Waals surface area contributed by atoms with Gasteiger partial charge >= 0.3 is 0 Å². The molecule has 0 aromatic heterocycles. The molecule has 2 rings (SSSR count). The highest BCUT2D eigenvalue weighted by molar-refractivity contribution is 5.94. The van der Waals surface area contributed by atoms with E-state index in [0.717, 1.165) is 5.56 Å². The Balaban J connectivity index is 2.00. The first kappa shape index (κ1) is 14.2. The lowest BCUT2D eigenvalue weighted by Gasteiger charge is -2.16. The van der Waals surface area contributed by atoms with Gasteiger partial charge < -0.3 is 10.6 Å². The maximum absolute atomic E-state index is 12.8. The summed E-state index contributed by atoms with van der Waals surface area (Å²) in [5, 5.41) is 5.77. The molecule has 4 heteroatoms. The predicted molar refractivity (Wildman–Crippen MR) is 78.0 cm³/mol. The van der Waals surface area contributed by atoms with Gasteiger partial charge in [0.15, 0.2) is 0 Å². The monoisotopic (exact) mass is 272 g/mol. The molecule has 0 saturated carbocycles. The molecule has 0 aliphatic carbocycles. The van der Waals surface area contributed by atoms with E-state index >= 15 is 0 Å². The van der Waals surface area contributed by atoms with Crippen LogP contribution in [0.3, 0.4) is 0 Å². The molecule has 2 aromatic carbocycles. The molecule has 1 amide bonds. The van der Waals surface area contributed by atoms with Crippen molar-refractivity contribution in [2.45, 2.75) is 12.5 Å². The molecule has 0 aliphatic rings. The zero-order chi connectivity index (χ0) is 14.4. The Morgan fingerprint density at radius 3 is 2.35 bits per heavy atom. The van der Waals surface area contributed by atoms with Crippen LogP contribution in [0.25, 0.3) is 0 Å². The molecule has 0 fully saturated rings. The number of amides is 1. The first-order chi connectivity index (χ1) is 9.69. The van der Waals surface area contributed by atoms with E-state index in [2.05, 4.69) is 10.6 Å². The number of benzene rings is 2. The average Bonchev–Trinajstić information content (AvgIpc) is 2.48. The van der Waals surface area contributed by atoms with Crippen molar-refractivity contribution in [1.82, 2.24) is 5.32 Å². The van der Waals surface area contributed by atoms with E-state index in [4.69, 9.17) is 0 Å². The summed E-state index contributed by atoms with van der Waals surface area (Å²) in [6.07, 6.45) is 0.602. The summed E-state index contributed by atoms with van der Waals surface area (Å²) in [7, 11) is 1.75. The summed E-state index contributed by atoms with van der Waals surface area (Å²) >= 11 is 0. The van der Waals surface area contributed by atoms with E-state index in [0.29, 0.717) is 12.1 Å². The summed E-state index contributed by atoms with van der Waals surface area (Å²) in [5.41, 5.74) is 1.67. The lowest BCUT2D eigenvalue weighted by atomic mass is 10.1. The second-order valence-corrected chi connectivity index (χ2v) is 4.53. The normalized spacial score (nSPS) is 11.9. The zero-order valence-corrected chi connectivity index (χ0v) is 11.3. The number of carbonyl (C=O) groups excluding carboxylic acids is 1. The van der Waals surface area contributed by atoms with Crippen LogP contribution < -0.4 is 10.6 Å². The number of rotatable bonds is 5. The first-order valence-electron chi connectivity index (χ1n) is 6.46. The summed E-state index contributed by atoms with van der Waals surface area (Å²) in [5.74, 6) is -0.458. The Kier molecular flexibility index (Phi) is 4.85. The van der Waals surface area contributed by atoms with Gasteiger partial charge in [-0.3, -0.25) is 4.79 Å². The lowest BCUT2D eigenvalue weighted by Crippen LogP contribution is -2.40. The average molecular weight is 272 g/mol. The number of anilines is 1. The topological polar surface area (TPSA) is 41.1 Å². The van der Waals surface area contributed by atoms with Crippen LogP contribution in [0.5, 0.6) is 0 Å². The first-order valence-corrected chi connectivity index (χ1v) is 6.46. The SMILES string of the molecule is CN[C@@H](Cc1ccccc1)C(=O)Nc1ccc(F)cc1. The van der Waals surface area contributed by atoms with Crippen LogP contribution in [0.2, 0.25) is 0 Å². The number of halogens is 1. The second-order valence-electron chi connectivity index (χ2n) is 4.53. The minimum atomic E-state index is -0.331. The molecular weight excluding hydrogens is 255 g/mol. The molecule has 0 spiro atoms. The number of hydrogen-bond acceptors (Lipinski definition) is 2. The maximum Gasteiger partial charge on any atom is 0.241 e. The molecule has 2 aromatic rings. The van der Waals surface area contributed by atoms with Crippen molar-refractivity contribution in [2.24, 2.45) is 0 Å². The molecule has 0 radical (unpaired) electrons. The number of carbonyl (C=O) groups is 1. The van der Waals surface area contributed by atoms with Crippen LogP contribution in [0, 0.1) is 5.82 Å². The van der Waals surface area contributed by atoms with Crippen molar-refractivity contribution < 1.29 is 9.18 Å². The highest BCUT2D eigenvalue weighted by Crippen LogP contribution is 2.10. The van der Waals surface area contributed by atoms with Crippen LogP contribution in [0.4, 0.5) is 10.1 Å². The van der Waals surface area contributed by atoms with Gasteiger partial charge in [0.2, 0.25) is 5.91 Å². The van der Waals surface area contributed by atoms with Crippen LogP contribution in [-0.4, -0.2) is 19.0 Å². The summed E-state index contributed by atoms with van der Waals surface area (Å²) in [6, 6.07) is 15.2. The molecule has 0 saturated heterocycles. The number of hydrogen-bond donors (Lipinski definition) is 2. The van der Waals surface area contributed by atoms with Gasteiger partial charge in [0.05, 0.1) is 6.04 Å². The Labute approximate surface area is 117 Å². The predicted octanol–water partition coefficient (Wildman–Crippen LogP) is 2.59. The summed E-state index contributed by atoms with van der Waals surface area (Å²) in [6.45, 7) is 0. The van der Waals surface area contributed by atoms with Crippen molar-refractivity contribution >= 4 is 11.6 Å². The van der Waals surface area contributed by atoms with Crippen molar-refractivity contribution in [2.75, 3.05) is 12.4 Å². The van der Waals surface area contributed by atoms with Crippen molar-refractivity contribution in [3.05, 3.63) is 66.0 Å². The molecule has 104 valence electrons. The van der Waals surface area contributed by atoms with Gasteiger partial charge in [-0.2, -0.15) is 0 Å². The fourth-order valence-corrected chi connectivity index (χ4v) is 1.94. The summed E-state index contributed by atoms with van der Waals surface area (Å²) in [4.78, 5) is 12.2. The van der Waals surface area contributed by atoms with Crippen LogP contribution in [0.1, 0.15) is 5.56 Å². The molecule has 2 N–H and O–H groups in total. The van der Waals surface area contributed by atoms with Crippen LogP contribution in [-0.2, 0) is 11.2 Å². The van der Waals surface area contributed by atoms with Crippen molar-refractivity contribution in [3.8, 4) is 0 Å². The Hall–Kier alpha value is -2.20. The van der Waals surface area contributed by atoms with Gasteiger partial charge in [-0.1, -0.05) is 30.3 Å². The van der Waals surface area contributed by atoms with Crippen LogP contribution in [0.15, 0.2) is 54.6 Å². The molecular formula is C16H17FN2O. The van der Waals surface area contributed by atoms with Gasteiger partial charge in [0.1, 0.15) is 5.82 Å². The van der Waals surface area contributed by atoms with Crippen molar-refractivity contribution in [3.63, 3.8) is 0 Å². The fraction of sp³-hybridized carbons (Fsp3) is 0.188. The smallest absolute Gasteiger partial charge is 0.241 e. The number of nitrogens with one attached hydrogen (secondary N) is 2. The maximum atomic E-state index is 12.8. The van der Waals surface area contributed by atoms with E-state index in [9.17, 15) is 9.18 Å². The second kappa shape index (κ2) is 6.82. The van der Waals surface area contributed by atoms with E-state index in [1.165, 1.54) is 12.1 Å². The van der Waals surface area contributed by atoms with E-state index in [1.54, 1.807) is 19.2 Å². The quantitative estimate of drug-likeness (QED) is 0.878. The third-order valence-electron chi connectivity index (χ3n) is 3.06. The highest BCUT2D eigenvalue weighted by Gasteiger charge is 2.16. The molecule has 1 atom stereocenters. The molecule has 0 unspecified atom stereocenters. The third kappa shape index (κ3) is 3.90. The van der Waals surface area contributed by atoms with Crippen molar-refractivity contribution in [1.29, 1.82) is 0 Å². The van der Waals surface area contributed by atoms with Gasteiger partial charge in [-0.25, -0.2) is 4.39 Å². The molecule has 3 nitrogen and oxygen atoms in total. The minimum absolute atomic E-state index is 0.136. The third-order valence-corrected chi connectivity index (χ3v) is 3.06. The van der Waals surface area contributed by atoms with E-state index in [-0.39, 0.29) is 17.8 Å². The van der Waals surface area contributed by atoms with E-state index < -0.39 is 0 Å². The minimum Gasteiger partial charge on any atom is -0.325 e. The Bertz CT molecular complexity index is 554. The highest BCUT2D eigenvalue weighted by atomic mass is 19.1. The van der Waals surface area contributed by atoms with Crippen LogP contribution >= 0.6 is 0 Å². The molecule has 0 aliphatic heterocycles.